The maximum Gasteiger partial charge on any atom is 0.407 e. The van der Waals surface area contributed by atoms with Gasteiger partial charge in [0.05, 0.1) is 6.54 Å². The van der Waals surface area contributed by atoms with Gasteiger partial charge < -0.3 is 15.4 Å². The van der Waals surface area contributed by atoms with Crippen LogP contribution in [0.5, 0.6) is 0 Å². The Balaban J connectivity index is 2.17. The van der Waals surface area contributed by atoms with Gasteiger partial charge in [-0.15, -0.1) is 11.3 Å². The van der Waals surface area contributed by atoms with Gasteiger partial charge in [0.15, 0.2) is 0 Å². The maximum absolute atomic E-state index is 11.5. The van der Waals surface area contributed by atoms with Crippen LogP contribution < -0.4 is 10.6 Å². The van der Waals surface area contributed by atoms with Crippen LogP contribution in [0.2, 0.25) is 0 Å². The summed E-state index contributed by atoms with van der Waals surface area (Å²) in [6, 6.07) is 3.89. The monoisotopic (exact) mass is 296 g/mol. The Kier molecular flexibility index (Phi) is 6.24. The summed E-state index contributed by atoms with van der Waals surface area (Å²) in [6.45, 7) is 6.14. The third-order valence-corrected chi connectivity index (χ3v) is 2.93. The second kappa shape index (κ2) is 7.69. The Bertz CT molecular complexity index is 461. The van der Waals surface area contributed by atoms with Crippen LogP contribution in [0.4, 0.5) is 4.79 Å². The van der Waals surface area contributed by atoms with E-state index in [2.05, 4.69) is 10.6 Å². The van der Waals surface area contributed by atoms with Gasteiger partial charge in [0.1, 0.15) is 5.60 Å². The van der Waals surface area contributed by atoms with Crippen molar-refractivity contribution in [2.24, 2.45) is 0 Å². The highest BCUT2D eigenvalue weighted by molar-refractivity contribution is 7.09. The normalized spacial score (nSPS) is 11.3. The minimum absolute atomic E-state index is 0.190. The Morgan fingerprint density at radius 2 is 2.10 bits per heavy atom. The molecule has 1 rings (SSSR count). The Labute approximate surface area is 123 Å². The molecule has 0 fully saturated rings. The van der Waals surface area contributed by atoms with Gasteiger partial charge in [-0.1, -0.05) is 12.1 Å². The average Bonchev–Trinajstić information content (AvgIpc) is 2.83. The van der Waals surface area contributed by atoms with E-state index in [1.54, 1.807) is 38.2 Å². The van der Waals surface area contributed by atoms with Crippen LogP contribution >= 0.6 is 11.3 Å². The minimum Gasteiger partial charge on any atom is -0.444 e. The van der Waals surface area contributed by atoms with Crippen LogP contribution in [0.25, 0.3) is 0 Å². The molecule has 0 aromatic carbocycles. The smallest absolute Gasteiger partial charge is 0.407 e. The Hall–Kier alpha value is -1.82. The van der Waals surface area contributed by atoms with Gasteiger partial charge >= 0.3 is 6.09 Å². The lowest BCUT2D eigenvalue weighted by Gasteiger charge is -2.19. The Morgan fingerprint density at radius 1 is 1.35 bits per heavy atom. The summed E-state index contributed by atoms with van der Waals surface area (Å²) in [7, 11) is 0. The summed E-state index contributed by atoms with van der Waals surface area (Å²) in [5.41, 5.74) is -0.522. The number of ether oxygens (including phenoxy) is 1. The van der Waals surface area contributed by atoms with Gasteiger partial charge in [0, 0.05) is 17.5 Å². The van der Waals surface area contributed by atoms with Gasteiger partial charge in [-0.3, -0.25) is 4.79 Å². The summed E-state index contributed by atoms with van der Waals surface area (Å²) < 4.78 is 5.06. The highest BCUT2D eigenvalue weighted by Gasteiger charge is 2.14. The number of amides is 2. The first-order chi connectivity index (χ1) is 9.37. The molecule has 0 radical (unpaired) electrons. The fraction of sp³-hybridized carbons (Fsp3) is 0.429. The minimum atomic E-state index is -0.522. The molecule has 1 heterocycles. The average molecular weight is 296 g/mol. The molecule has 110 valence electrons. The quantitative estimate of drug-likeness (QED) is 0.820. The van der Waals surface area contributed by atoms with Crippen LogP contribution in [0.1, 0.15) is 25.6 Å². The van der Waals surface area contributed by atoms with Crippen molar-refractivity contribution in [3.63, 3.8) is 0 Å². The van der Waals surface area contributed by atoms with E-state index in [1.165, 1.54) is 6.08 Å². The first kappa shape index (κ1) is 16.2. The van der Waals surface area contributed by atoms with E-state index >= 15 is 0 Å². The number of rotatable bonds is 5. The van der Waals surface area contributed by atoms with Crippen molar-refractivity contribution >= 4 is 23.3 Å². The third kappa shape index (κ3) is 7.58. The number of hydrogen-bond acceptors (Lipinski definition) is 4. The van der Waals surface area contributed by atoms with Crippen LogP contribution in [0, 0.1) is 0 Å². The molecule has 0 aliphatic rings. The molecule has 0 saturated heterocycles. The summed E-state index contributed by atoms with van der Waals surface area (Å²) in [6.07, 6.45) is 2.47. The van der Waals surface area contributed by atoms with E-state index in [0.29, 0.717) is 6.54 Å². The van der Waals surface area contributed by atoms with E-state index in [-0.39, 0.29) is 12.5 Å². The van der Waals surface area contributed by atoms with Gasteiger partial charge in [-0.25, -0.2) is 4.79 Å². The van der Waals surface area contributed by atoms with E-state index in [1.807, 2.05) is 17.5 Å². The summed E-state index contributed by atoms with van der Waals surface area (Å²) in [4.78, 5) is 23.9. The van der Waals surface area contributed by atoms with Crippen LogP contribution in [-0.2, 0) is 16.1 Å². The van der Waals surface area contributed by atoms with Crippen LogP contribution in [-0.4, -0.2) is 24.1 Å². The van der Waals surface area contributed by atoms with Crippen LogP contribution in [0.3, 0.4) is 0 Å². The van der Waals surface area contributed by atoms with Crippen molar-refractivity contribution in [3.05, 3.63) is 34.5 Å². The topological polar surface area (TPSA) is 67.4 Å². The third-order valence-electron chi connectivity index (χ3n) is 2.05. The molecule has 2 N–H and O–H groups in total. The van der Waals surface area contributed by atoms with Crippen molar-refractivity contribution in [3.8, 4) is 0 Å². The summed E-state index contributed by atoms with van der Waals surface area (Å²) in [5, 5.41) is 7.25. The number of thiophene rings is 1. The molecule has 2 amide bonds. The standard InChI is InChI=1S/C14H20N2O3S/c1-14(2,3)19-13(18)15-8-4-7-12(17)16-10-11-6-5-9-20-11/h4-7,9H,8,10H2,1-3H3,(H,15,18)(H,16,17)/b7-4+. The molecule has 0 aliphatic carbocycles. The predicted molar refractivity (Wildman–Crippen MR) is 79.5 cm³/mol. The summed E-state index contributed by atoms with van der Waals surface area (Å²) >= 11 is 1.59. The second-order valence-corrected chi connectivity index (χ2v) is 6.11. The van der Waals surface area contributed by atoms with Crippen molar-refractivity contribution in [1.82, 2.24) is 10.6 Å². The molecular weight excluding hydrogens is 276 g/mol. The maximum atomic E-state index is 11.5. The molecule has 5 nitrogen and oxygen atoms in total. The Morgan fingerprint density at radius 3 is 2.70 bits per heavy atom. The van der Waals surface area contributed by atoms with Crippen LogP contribution in [0.15, 0.2) is 29.7 Å². The largest absolute Gasteiger partial charge is 0.444 e. The molecule has 0 spiro atoms. The molecule has 0 bridgehead atoms. The zero-order chi connectivity index (χ0) is 15.0. The molecule has 1 aromatic heterocycles. The fourth-order valence-corrected chi connectivity index (χ4v) is 1.91. The molecule has 1 aromatic rings. The fourth-order valence-electron chi connectivity index (χ4n) is 1.27. The van der Waals surface area contributed by atoms with Gasteiger partial charge in [-0.05, 0) is 32.2 Å². The van der Waals surface area contributed by atoms with Gasteiger partial charge in [0.25, 0.3) is 0 Å². The molecular formula is C14H20N2O3S. The lowest BCUT2D eigenvalue weighted by molar-refractivity contribution is -0.116. The SMILES string of the molecule is CC(C)(C)OC(=O)NC/C=C/C(=O)NCc1cccs1. The molecule has 20 heavy (non-hydrogen) atoms. The van der Waals surface area contributed by atoms with Gasteiger partial charge in [0.2, 0.25) is 5.91 Å². The molecule has 0 unspecified atom stereocenters. The number of nitrogens with one attached hydrogen (secondary N) is 2. The molecule has 0 atom stereocenters. The second-order valence-electron chi connectivity index (χ2n) is 5.08. The highest BCUT2D eigenvalue weighted by Crippen LogP contribution is 2.07. The lowest BCUT2D eigenvalue weighted by Crippen LogP contribution is -2.32. The van der Waals surface area contributed by atoms with E-state index in [9.17, 15) is 9.59 Å². The predicted octanol–water partition coefficient (Wildman–Crippen LogP) is 2.45. The molecule has 0 saturated carbocycles. The first-order valence-corrected chi connectivity index (χ1v) is 7.18. The van der Waals surface area contributed by atoms with E-state index in [4.69, 9.17) is 4.74 Å². The van der Waals surface area contributed by atoms with E-state index < -0.39 is 11.7 Å². The molecule has 6 heteroatoms. The van der Waals surface area contributed by atoms with Crippen molar-refractivity contribution in [2.75, 3.05) is 6.54 Å². The molecule has 0 aliphatic heterocycles. The van der Waals surface area contributed by atoms with Crippen molar-refractivity contribution < 1.29 is 14.3 Å². The zero-order valence-corrected chi connectivity index (χ0v) is 12.8. The highest BCUT2D eigenvalue weighted by atomic mass is 32.1. The number of carbonyl (C=O) groups excluding carboxylic acids is 2. The lowest BCUT2D eigenvalue weighted by atomic mass is 10.2. The number of carbonyl (C=O) groups is 2. The van der Waals surface area contributed by atoms with Crippen molar-refractivity contribution in [1.29, 1.82) is 0 Å². The number of hydrogen-bond donors (Lipinski definition) is 2. The zero-order valence-electron chi connectivity index (χ0n) is 11.9. The summed E-state index contributed by atoms with van der Waals surface area (Å²) in [5.74, 6) is -0.190. The van der Waals surface area contributed by atoms with Gasteiger partial charge in [-0.2, -0.15) is 0 Å². The van der Waals surface area contributed by atoms with E-state index in [0.717, 1.165) is 4.88 Å². The first-order valence-electron chi connectivity index (χ1n) is 6.30. The van der Waals surface area contributed by atoms with Crippen molar-refractivity contribution in [2.45, 2.75) is 32.9 Å². The number of alkyl carbamates (subject to hydrolysis) is 1.